The zero-order chi connectivity index (χ0) is 16.7. The SMILES string of the molecule is COCCn1cc(CN2CCCC[C@H]2C(=O)NCC(F)F)cn1. The summed E-state index contributed by atoms with van der Waals surface area (Å²) < 4.78 is 31.3. The largest absolute Gasteiger partial charge is 0.383 e. The maximum atomic E-state index is 12.3. The quantitative estimate of drug-likeness (QED) is 0.780. The number of rotatable bonds is 8. The second-order valence-electron chi connectivity index (χ2n) is 5.72. The molecule has 1 aliphatic heterocycles. The van der Waals surface area contributed by atoms with Crippen LogP contribution >= 0.6 is 0 Å². The third-order valence-electron chi connectivity index (χ3n) is 3.94. The highest BCUT2D eigenvalue weighted by atomic mass is 19.3. The fraction of sp³-hybridized carbons (Fsp3) is 0.733. The van der Waals surface area contributed by atoms with Crippen molar-refractivity contribution in [2.45, 2.75) is 44.8 Å². The monoisotopic (exact) mass is 330 g/mol. The number of hydrogen-bond donors (Lipinski definition) is 1. The minimum Gasteiger partial charge on any atom is -0.383 e. The molecule has 1 aromatic heterocycles. The lowest BCUT2D eigenvalue weighted by molar-refractivity contribution is -0.128. The van der Waals surface area contributed by atoms with E-state index in [1.165, 1.54) is 0 Å². The minimum absolute atomic E-state index is 0.309. The predicted octanol–water partition coefficient (Wildman–Crippen LogP) is 1.27. The third kappa shape index (κ3) is 5.54. The van der Waals surface area contributed by atoms with E-state index in [0.717, 1.165) is 24.9 Å². The van der Waals surface area contributed by atoms with E-state index >= 15 is 0 Å². The first-order chi connectivity index (χ1) is 11.1. The molecule has 0 radical (unpaired) electrons. The molecule has 1 atom stereocenters. The number of hydrogen-bond acceptors (Lipinski definition) is 4. The lowest BCUT2D eigenvalue weighted by Crippen LogP contribution is -2.49. The van der Waals surface area contributed by atoms with Crippen molar-refractivity contribution in [1.82, 2.24) is 20.0 Å². The normalized spacial score (nSPS) is 19.2. The maximum absolute atomic E-state index is 12.3. The first-order valence-corrected chi connectivity index (χ1v) is 7.90. The van der Waals surface area contributed by atoms with Gasteiger partial charge >= 0.3 is 0 Å². The number of aromatic nitrogens is 2. The van der Waals surface area contributed by atoms with E-state index in [1.54, 1.807) is 18.0 Å². The standard InChI is InChI=1S/C15H24F2N4O2/c1-23-7-6-21-11-12(8-19-21)10-20-5-3-2-4-13(20)15(22)18-9-14(16)17/h8,11,13-14H,2-7,9-10H2,1H3,(H,18,22)/t13-/m0/s1. The molecule has 0 unspecified atom stereocenters. The van der Waals surface area contributed by atoms with Gasteiger partial charge in [0.1, 0.15) is 0 Å². The molecule has 1 aliphatic rings. The van der Waals surface area contributed by atoms with Crippen LogP contribution in [-0.4, -0.2) is 59.9 Å². The summed E-state index contributed by atoms with van der Waals surface area (Å²) in [5, 5.41) is 6.59. The van der Waals surface area contributed by atoms with Gasteiger partial charge in [-0.15, -0.1) is 0 Å². The van der Waals surface area contributed by atoms with Crippen LogP contribution in [-0.2, 0) is 22.6 Å². The zero-order valence-corrected chi connectivity index (χ0v) is 13.4. The summed E-state index contributed by atoms with van der Waals surface area (Å²) in [5.41, 5.74) is 1.01. The second kappa shape index (κ2) is 8.93. The van der Waals surface area contributed by atoms with Gasteiger partial charge in [-0.25, -0.2) is 8.78 Å². The molecule has 23 heavy (non-hydrogen) atoms. The van der Waals surface area contributed by atoms with Gasteiger partial charge in [-0.05, 0) is 19.4 Å². The van der Waals surface area contributed by atoms with E-state index in [2.05, 4.69) is 10.4 Å². The topological polar surface area (TPSA) is 59.4 Å². The number of likely N-dealkylation sites (tertiary alicyclic amines) is 1. The second-order valence-corrected chi connectivity index (χ2v) is 5.72. The van der Waals surface area contributed by atoms with Crippen molar-refractivity contribution in [3.05, 3.63) is 18.0 Å². The number of amides is 1. The van der Waals surface area contributed by atoms with Gasteiger partial charge in [0.25, 0.3) is 6.43 Å². The molecule has 0 aromatic carbocycles. The number of methoxy groups -OCH3 is 1. The lowest BCUT2D eigenvalue weighted by Gasteiger charge is -2.34. The van der Waals surface area contributed by atoms with Crippen molar-refractivity contribution < 1.29 is 18.3 Å². The number of ether oxygens (including phenoxy) is 1. The molecule has 0 spiro atoms. The van der Waals surface area contributed by atoms with Crippen LogP contribution in [0.25, 0.3) is 0 Å². The van der Waals surface area contributed by atoms with Crippen LogP contribution in [0, 0.1) is 0 Å². The molecule has 0 aliphatic carbocycles. The minimum atomic E-state index is -2.52. The van der Waals surface area contributed by atoms with Gasteiger partial charge in [-0.2, -0.15) is 5.10 Å². The van der Waals surface area contributed by atoms with E-state index in [1.807, 2.05) is 11.1 Å². The van der Waals surface area contributed by atoms with Gasteiger partial charge in [-0.3, -0.25) is 14.4 Å². The summed E-state index contributed by atoms with van der Waals surface area (Å²) in [5.74, 6) is -0.309. The summed E-state index contributed by atoms with van der Waals surface area (Å²) in [7, 11) is 1.64. The molecule has 1 aromatic rings. The van der Waals surface area contributed by atoms with Crippen molar-refractivity contribution >= 4 is 5.91 Å². The van der Waals surface area contributed by atoms with Crippen molar-refractivity contribution in [2.24, 2.45) is 0 Å². The fourth-order valence-electron chi connectivity index (χ4n) is 2.80. The van der Waals surface area contributed by atoms with E-state index in [9.17, 15) is 13.6 Å². The average molecular weight is 330 g/mol. The Bertz CT molecular complexity index is 496. The Morgan fingerprint density at radius 3 is 3.09 bits per heavy atom. The van der Waals surface area contributed by atoms with E-state index < -0.39 is 13.0 Å². The number of piperidine rings is 1. The zero-order valence-electron chi connectivity index (χ0n) is 13.4. The molecule has 2 heterocycles. The number of nitrogens with zero attached hydrogens (tertiary/aromatic N) is 3. The highest BCUT2D eigenvalue weighted by molar-refractivity contribution is 5.81. The molecule has 1 saturated heterocycles. The molecule has 6 nitrogen and oxygen atoms in total. The summed E-state index contributed by atoms with van der Waals surface area (Å²) in [4.78, 5) is 14.2. The molecule has 0 bridgehead atoms. The Morgan fingerprint density at radius 1 is 1.52 bits per heavy atom. The van der Waals surface area contributed by atoms with Gasteiger partial charge in [0.15, 0.2) is 0 Å². The molecule has 1 N–H and O–H groups in total. The number of carbonyl (C=O) groups is 1. The highest BCUT2D eigenvalue weighted by Crippen LogP contribution is 2.19. The van der Waals surface area contributed by atoms with Crippen LogP contribution in [0.3, 0.4) is 0 Å². The van der Waals surface area contributed by atoms with Crippen LogP contribution in [0.5, 0.6) is 0 Å². The fourth-order valence-corrected chi connectivity index (χ4v) is 2.80. The van der Waals surface area contributed by atoms with Crippen LogP contribution in [0.2, 0.25) is 0 Å². The summed E-state index contributed by atoms with van der Waals surface area (Å²) in [6.45, 7) is 2.06. The highest BCUT2D eigenvalue weighted by Gasteiger charge is 2.29. The maximum Gasteiger partial charge on any atom is 0.255 e. The molecule has 1 amide bonds. The van der Waals surface area contributed by atoms with Crippen molar-refractivity contribution in [2.75, 3.05) is 26.8 Å². The van der Waals surface area contributed by atoms with Crippen LogP contribution in [0.1, 0.15) is 24.8 Å². The smallest absolute Gasteiger partial charge is 0.255 e. The molecule has 8 heteroatoms. The predicted molar refractivity (Wildman–Crippen MR) is 81.2 cm³/mol. The first kappa shape index (κ1) is 17.8. The van der Waals surface area contributed by atoms with E-state index in [0.29, 0.717) is 26.1 Å². The van der Waals surface area contributed by atoms with Gasteiger partial charge in [0.2, 0.25) is 5.91 Å². The Balaban J connectivity index is 1.92. The van der Waals surface area contributed by atoms with Gasteiger partial charge in [0, 0.05) is 25.4 Å². The van der Waals surface area contributed by atoms with Crippen molar-refractivity contribution in [3.63, 3.8) is 0 Å². The number of halogens is 2. The van der Waals surface area contributed by atoms with Crippen molar-refractivity contribution in [1.29, 1.82) is 0 Å². The molecular formula is C15H24F2N4O2. The third-order valence-corrected chi connectivity index (χ3v) is 3.94. The van der Waals surface area contributed by atoms with Gasteiger partial charge in [-0.1, -0.05) is 6.42 Å². The summed E-state index contributed by atoms with van der Waals surface area (Å²) >= 11 is 0. The Labute approximate surface area is 134 Å². The summed E-state index contributed by atoms with van der Waals surface area (Å²) in [6, 6.07) is -0.343. The lowest BCUT2D eigenvalue weighted by atomic mass is 10.0. The Morgan fingerprint density at radius 2 is 2.35 bits per heavy atom. The first-order valence-electron chi connectivity index (χ1n) is 7.90. The molecule has 2 rings (SSSR count). The molecule has 1 fully saturated rings. The number of carbonyl (C=O) groups excluding carboxylic acids is 1. The van der Waals surface area contributed by atoms with Gasteiger partial charge < -0.3 is 10.1 Å². The van der Waals surface area contributed by atoms with Crippen LogP contribution in [0.4, 0.5) is 8.78 Å². The van der Waals surface area contributed by atoms with Crippen LogP contribution in [0.15, 0.2) is 12.4 Å². The molecule has 0 saturated carbocycles. The van der Waals surface area contributed by atoms with E-state index in [4.69, 9.17) is 4.74 Å². The Kier molecular flexibility index (Phi) is 6.91. The Hall–Kier alpha value is -1.54. The molecule has 130 valence electrons. The van der Waals surface area contributed by atoms with Crippen molar-refractivity contribution in [3.8, 4) is 0 Å². The number of nitrogens with one attached hydrogen (secondary N) is 1. The average Bonchev–Trinajstić information content (AvgIpc) is 2.98. The van der Waals surface area contributed by atoms with E-state index in [-0.39, 0.29) is 11.9 Å². The molecular weight excluding hydrogens is 306 g/mol. The number of alkyl halides is 2. The van der Waals surface area contributed by atoms with Gasteiger partial charge in [0.05, 0.1) is 31.9 Å². The summed E-state index contributed by atoms with van der Waals surface area (Å²) in [6.07, 6.45) is 3.84. The van der Waals surface area contributed by atoms with Crippen LogP contribution < -0.4 is 5.32 Å².